The summed E-state index contributed by atoms with van der Waals surface area (Å²) in [6.07, 6.45) is 2.84. The van der Waals surface area contributed by atoms with Crippen molar-refractivity contribution in [1.29, 1.82) is 0 Å². The van der Waals surface area contributed by atoms with E-state index >= 15 is 0 Å². The SMILES string of the molecule is CCCn1cnnc1-c1c(C)nsc1NC. The number of aromatic nitrogens is 4. The zero-order valence-corrected chi connectivity index (χ0v) is 10.5. The van der Waals surface area contributed by atoms with Crippen molar-refractivity contribution in [3.05, 3.63) is 12.0 Å². The van der Waals surface area contributed by atoms with E-state index in [4.69, 9.17) is 0 Å². The van der Waals surface area contributed by atoms with Gasteiger partial charge in [0, 0.05) is 13.6 Å². The Kier molecular flexibility index (Phi) is 3.19. The quantitative estimate of drug-likeness (QED) is 0.885. The summed E-state index contributed by atoms with van der Waals surface area (Å²) in [5, 5.41) is 12.4. The standard InChI is InChI=1S/C10H15N5S/c1-4-5-15-6-12-13-9(15)8-7(2)14-16-10(8)11-3/h6,11H,4-5H2,1-3H3. The Balaban J connectivity index is 2.49. The summed E-state index contributed by atoms with van der Waals surface area (Å²) in [5.41, 5.74) is 2.07. The van der Waals surface area contributed by atoms with E-state index in [2.05, 4.69) is 31.4 Å². The molecule has 0 amide bonds. The number of nitrogens with one attached hydrogen (secondary N) is 1. The molecule has 0 aliphatic heterocycles. The summed E-state index contributed by atoms with van der Waals surface area (Å²) in [5.74, 6) is 0.900. The number of hydrogen-bond donors (Lipinski definition) is 1. The van der Waals surface area contributed by atoms with Crippen molar-refractivity contribution in [2.24, 2.45) is 0 Å². The molecule has 0 aliphatic rings. The lowest BCUT2D eigenvalue weighted by Crippen LogP contribution is -2.00. The third-order valence-corrected chi connectivity index (χ3v) is 3.35. The first kappa shape index (κ1) is 11.1. The van der Waals surface area contributed by atoms with Crippen LogP contribution in [0.25, 0.3) is 11.4 Å². The highest BCUT2D eigenvalue weighted by Crippen LogP contribution is 2.32. The lowest BCUT2D eigenvalue weighted by atomic mass is 10.2. The summed E-state index contributed by atoms with van der Waals surface area (Å²) in [6, 6.07) is 0. The van der Waals surface area contributed by atoms with Crippen LogP contribution in [0.2, 0.25) is 0 Å². The van der Waals surface area contributed by atoms with Crippen LogP contribution >= 0.6 is 11.5 Å². The first-order valence-corrected chi connectivity index (χ1v) is 6.07. The van der Waals surface area contributed by atoms with Gasteiger partial charge < -0.3 is 9.88 Å². The summed E-state index contributed by atoms with van der Waals surface area (Å²) in [6.45, 7) is 5.07. The molecule has 0 aliphatic carbocycles. The van der Waals surface area contributed by atoms with Gasteiger partial charge in [0.15, 0.2) is 5.82 Å². The third-order valence-electron chi connectivity index (χ3n) is 2.39. The monoisotopic (exact) mass is 237 g/mol. The number of aryl methyl sites for hydroxylation is 2. The lowest BCUT2D eigenvalue weighted by molar-refractivity contribution is 0.682. The molecule has 2 rings (SSSR count). The Morgan fingerprint density at radius 1 is 1.50 bits per heavy atom. The van der Waals surface area contributed by atoms with Gasteiger partial charge in [-0.1, -0.05) is 6.92 Å². The predicted molar refractivity (Wildman–Crippen MR) is 65.7 cm³/mol. The Bertz CT molecular complexity index is 473. The molecule has 2 aromatic rings. The maximum atomic E-state index is 4.34. The Labute approximate surface area is 98.7 Å². The van der Waals surface area contributed by atoms with Gasteiger partial charge in [0.2, 0.25) is 0 Å². The summed E-state index contributed by atoms with van der Waals surface area (Å²) >= 11 is 1.46. The minimum Gasteiger partial charge on any atom is -0.378 e. The van der Waals surface area contributed by atoms with Gasteiger partial charge in [0.25, 0.3) is 0 Å². The molecule has 0 saturated heterocycles. The van der Waals surface area contributed by atoms with E-state index in [1.54, 1.807) is 6.33 Å². The van der Waals surface area contributed by atoms with E-state index in [-0.39, 0.29) is 0 Å². The maximum Gasteiger partial charge on any atom is 0.168 e. The second kappa shape index (κ2) is 4.61. The van der Waals surface area contributed by atoms with Crippen LogP contribution in [0.5, 0.6) is 0 Å². The molecule has 0 bridgehead atoms. The number of rotatable bonds is 4. The van der Waals surface area contributed by atoms with Crippen LogP contribution in [0.4, 0.5) is 5.00 Å². The minimum absolute atomic E-state index is 0.900. The molecule has 0 fully saturated rings. The van der Waals surface area contributed by atoms with E-state index in [0.29, 0.717) is 0 Å². The van der Waals surface area contributed by atoms with Crippen molar-refractivity contribution in [3.63, 3.8) is 0 Å². The number of nitrogens with zero attached hydrogens (tertiary/aromatic N) is 4. The Hall–Kier alpha value is -1.43. The molecular weight excluding hydrogens is 222 g/mol. The van der Waals surface area contributed by atoms with Gasteiger partial charge in [-0.15, -0.1) is 10.2 Å². The Morgan fingerprint density at radius 2 is 2.31 bits per heavy atom. The zero-order valence-electron chi connectivity index (χ0n) is 9.69. The molecule has 0 spiro atoms. The van der Waals surface area contributed by atoms with Gasteiger partial charge in [0.1, 0.15) is 11.3 Å². The van der Waals surface area contributed by atoms with Crippen molar-refractivity contribution in [2.45, 2.75) is 26.8 Å². The minimum atomic E-state index is 0.900. The van der Waals surface area contributed by atoms with E-state index in [1.807, 2.05) is 14.0 Å². The molecule has 0 atom stereocenters. The van der Waals surface area contributed by atoms with Crippen molar-refractivity contribution in [1.82, 2.24) is 19.1 Å². The van der Waals surface area contributed by atoms with Crippen LogP contribution in [-0.4, -0.2) is 26.2 Å². The topological polar surface area (TPSA) is 55.6 Å². The molecule has 2 heterocycles. The highest BCUT2D eigenvalue weighted by molar-refractivity contribution is 7.10. The summed E-state index contributed by atoms with van der Waals surface area (Å²) in [7, 11) is 1.90. The van der Waals surface area contributed by atoms with Crippen LogP contribution in [0, 0.1) is 6.92 Å². The molecule has 0 aromatic carbocycles. The fraction of sp³-hybridized carbons (Fsp3) is 0.500. The van der Waals surface area contributed by atoms with E-state index < -0.39 is 0 Å². The van der Waals surface area contributed by atoms with E-state index in [0.717, 1.165) is 35.0 Å². The molecule has 5 nitrogen and oxygen atoms in total. The third kappa shape index (κ3) is 1.80. The molecule has 0 saturated carbocycles. The summed E-state index contributed by atoms with van der Waals surface area (Å²) < 4.78 is 6.41. The highest BCUT2D eigenvalue weighted by atomic mass is 32.1. The molecule has 1 N–H and O–H groups in total. The largest absolute Gasteiger partial charge is 0.378 e. The van der Waals surface area contributed by atoms with Crippen LogP contribution in [0.1, 0.15) is 19.0 Å². The molecule has 0 unspecified atom stereocenters. The molecule has 0 radical (unpaired) electrons. The van der Waals surface area contributed by atoms with Crippen molar-refractivity contribution < 1.29 is 0 Å². The van der Waals surface area contributed by atoms with Crippen molar-refractivity contribution in [2.75, 3.05) is 12.4 Å². The van der Waals surface area contributed by atoms with Gasteiger partial charge in [-0.2, -0.15) is 4.37 Å². The number of anilines is 1. The molecule has 86 valence electrons. The lowest BCUT2D eigenvalue weighted by Gasteiger charge is -2.05. The van der Waals surface area contributed by atoms with Gasteiger partial charge in [-0.05, 0) is 24.9 Å². The molecule has 16 heavy (non-hydrogen) atoms. The van der Waals surface area contributed by atoms with E-state index in [1.165, 1.54) is 11.5 Å². The smallest absolute Gasteiger partial charge is 0.168 e. The normalized spacial score (nSPS) is 10.7. The fourth-order valence-electron chi connectivity index (χ4n) is 1.66. The van der Waals surface area contributed by atoms with Crippen LogP contribution < -0.4 is 5.32 Å². The molecule has 2 aromatic heterocycles. The fourth-order valence-corrected chi connectivity index (χ4v) is 2.40. The first-order chi connectivity index (χ1) is 7.77. The van der Waals surface area contributed by atoms with Crippen molar-refractivity contribution in [3.8, 4) is 11.4 Å². The van der Waals surface area contributed by atoms with Gasteiger partial charge in [-0.25, -0.2) is 0 Å². The molecule has 6 heteroatoms. The highest BCUT2D eigenvalue weighted by Gasteiger charge is 2.16. The van der Waals surface area contributed by atoms with Crippen molar-refractivity contribution >= 4 is 16.5 Å². The predicted octanol–water partition coefficient (Wildman–Crippen LogP) is 2.16. The van der Waals surface area contributed by atoms with Crippen LogP contribution in [0.3, 0.4) is 0 Å². The average molecular weight is 237 g/mol. The van der Waals surface area contributed by atoms with Gasteiger partial charge in [0.05, 0.1) is 11.3 Å². The van der Waals surface area contributed by atoms with Crippen LogP contribution in [-0.2, 0) is 6.54 Å². The summed E-state index contributed by atoms with van der Waals surface area (Å²) in [4.78, 5) is 0. The average Bonchev–Trinajstić information content (AvgIpc) is 2.85. The first-order valence-electron chi connectivity index (χ1n) is 5.30. The van der Waals surface area contributed by atoms with Crippen LogP contribution in [0.15, 0.2) is 6.33 Å². The maximum absolute atomic E-state index is 4.34. The Morgan fingerprint density at radius 3 is 3.00 bits per heavy atom. The molecular formula is C10H15N5S. The van der Waals surface area contributed by atoms with Gasteiger partial charge >= 0.3 is 0 Å². The van der Waals surface area contributed by atoms with E-state index in [9.17, 15) is 0 Å². The zero-order chi connectivity index (χ0) is 11.5. The number of hydrogen-bond acceptors (Lipinski definition) is 5. The van der Waals surface area contributed by atoms with Gasteiger partial charge in [-0.3, -0.25) is 0 Å². The second-order valence-corrected chi connectivity index (χ2v) is 4.34. The second-order valence-electron chi connectivity index (χ2n) is 3.57.